The third kappa shape index (κ3) is 1.70. The minimum Gasteiger partial charge on any atom is -0.404 e. The molecule has 0 radical (unpaired) electrons. The van der Waals surface area contributed by atoms with Crippen LogP contribution in [-0.2, 0) is 4.79 Å². The molecule has 3 rings (SSSR count). The van der Waals surface area contributed by atoms with Crippen LogP contribution in [0, 0.1) is 5.41 Å². The van der Waals surface area contributed by atoms with E-state index in [4.69, 9.17) is 11.1 Å². The largest absolute Gasteiger partial charge is 0.404 e. The minimum absolute atomic E-state index is 0.0477. The van der Waals surface area contributed by atoms with Crippen molar-refractivity contribution in [2.75, 3.05) is 0 Å². The fourth-order valence-corrected chi connectivity index (χ4v) is 3.90. The van der Waals surface area contributed by atoms with Crippen molar-refractivity contribution in [1.82, 2.24) is 4.90 Å². The Bertz CT molecular complexity index is 456. The molecule has 1 saturated carbocycles. The minimum atomic E-state index is -0.739. The van der Waals surface area contributed by atoms with Gasteiger partial charge in [-0.15, -0.1) is 0 Å². The monoisotopic (exact) mass is 265 g/mol. The molecule has 2 aliphatic heterocycles. The zero-order chi connectivity index (χ0) is 13.6. The van der Waals surface area contributed by atoms with Gasteiger partial charge in [0.15, 0.2) is 11.8 Å². The Morgan fingerprint density at radius 3 is 2.68 bits per heavy atom. The molecule has 0 aromatic carbocycles. The Morgan fingerprint density at radius 1 is 1.47 bits per heavy atom. The van der Waals surface area contributed by atoms with Crippen molar-refractivity contribution in [3.63, 3.8) is 0 Å². The van der Waals surface area contributed by atoms with Crippen LogP contribution in [0.2, 0.25) is 0 Å². The molecule has 6 heteroatoms. The molecule has 1 aliphatic carbocycles. The predicted molar refractivity (Wildman–Crippen MR) is 69.0 cm³/mol. The number of quaternary nitrogens is 1. The number of amides is 1. The van der Waals surface area contributed by atoms with Gasteiger partial charge in [0.2, 0.25) is 0 Å². The molecular weight excluding hydrogens is 244 g/mol. The van der Waals surface area contributed by atoms with E-state index in [0.29, 0.717) is 18.7 Å². The average Bonchev–Trinajstić information content (AvgIpc) is 3.01. The number of hydrogen-bond donors (Lipinski definition) is 4. The van der Waals surface area contributed by atoms with Crippen molar-refractivity contribution in [3.8, 4) is 0 Å². The molecular formula is C13H21N4O2+. The molecule has 19 heavy (non-hydrogen) atoms. The van der Waals surface area contributed by atoms with E-state index in [2.05, 4.69) is 0 Å². The van der Waals surface area contributed by atoms with Gasteiger partial charge >= 0.3 is 5.91 Å². The zero-order valence-corrected chi connectivity index (χ0v) is 10.9. The van der Waals surface area contributed by atoms with Crippen LogP contribution in [0.4, 0.5) is 0 Å². The lowest BCUT2D eigenvalue weighted by molar-refractivity contribution is -0.632. The zero-order valence-electron chi connectivity index (χ0n) is 10.9. The fourth-order valence-electron chi connectivity index (χ4n) is 3.90. The maximum Gasteiger partial charge on any atom is 0.339 e. The van der Waals surface area contributed by atoms with E-state index in [9.17, 15) is 9.90 Å². The summed E-state index contributed by atoms with van der Waals surface area (Å²) in [7, 11) is 0. The lowest BCUT2D eigenvalue weighted by atomic mass is 9.91. The number of nitrogens with two attached hydrogens (primary N) is 2. The van der Waals surface area contributed by atoms with Crippen LogP contribution < -0.4 is 11.1 Å². The number of rotatable bonds is 1. The van der Waals surface area contributed by atoms with Crippen LogP contribution in [0.1, 0.15) is 38.5 Å². The maximum absolute atomic E-state index is 12.4. The van der Waals surface area contributed by atoms with E-state index < -0.39 is 11.8 Å². The van der Waals surface area contributed by atoms with E-state index in [1.807, 2.05) is 4.90 Å². The molecule has 2 unspecified atom stereocenters. The van der Waals surface area contributed by atoms with Crippen LogP contribution in [0.5, 0.6) is 0 Å². The number of hydrogen-bond acceptors (Lipinski definition) is 4. The van der Waals surface area contributed by atoms with Crippen LogP contribution in [0.15, 0.2) is 11.8 Å². The second-order valence-corrected chi connectivity index (χ2v) is 5.86. The summed E-state index contributed by atoms with van der Waals surface area (Å²) in [6, 6.07) is 0.243. The van der Waals surface area contributed by atoms with Crippen molar-refractivity contribution < 1.29 is 15.2 Å². The summed E-state index contributed by atoms with van der Waals surface area (Å²) >= 11 is 0. The number of likely N-dealkylation sites (tertiary alicyclic amines) is 1. The quantitative estimate of drug-likeness (QED) is 0.488. The van der Waals surface area contributed by atoms with Gasteiger partial charge in [-0.2, -0.15) is 0 Å². The van der Waals surface area contributed by atoms with Crippen molar-refractivity contribution in [2.24, 2.45) is 5.73 Å². The van der Waals surface area contributed by atoms with Crippen molar-refractivity contribution in [1.29, 1.82) is 5.41 Å². The Labute approximate surface area is 112 Å². The molecule has 3 aliphatic rings. The highest BCUT2D eigenvalue weighted by molar-refractivity contribution is 6.04. The van der Waals surface area contributed by atoms with Crippen molar-refractivity contribution >= 4 is 11.7 Å². The van der Waals surface area contributed by atoms with Gasteiger partial charge in [-0.25, -0.2) is 4.79 Å². The molecule has 0 bridgehead atoms. The summed E-state index contributed by atoms with van der Waals surface area (Å²) in [4.78, 5) is 14.3. The Balaban J connectivity index is 2.01. The van der Waals surface area contributed by atoms with Gasteiger partial charge in [-0.3, -0.25) is 10.7 Å². The number of nitrogens with zero attached hydrogens (tertiary/aromatic N) is 1. The van der Waals surface area contributed by atoms with Crippen molar-refractivity contribution in [3.05, 3.63) is 11.8 Å². The highest BCUT2D eigenvalue weighted by atomic mass is 16.3. The molecule has 6 N–H and O–H groups in total. The summed E-state index contributed by atoms with van der Waals surface area (Å²) < 4.78 is 0. The topological polar surface area (TPSA) is 107 Å². The lowest BCUT2D eigenvalue weighted by Crippen LogP contribution is -2.91. The van der Waals surface area contributed by atoms with E-state index in [-0.39, 0.29) is 11.9 Å². The third-order valence-electron chi connectivity index (χ3n) is 4.73. The Kier molecular flexibility index (Phi) is 2.87. The summed E-state index contributed by atoms with van der Waals surface area (Å²) in [5.41, 5.74) is 5.59. The van der Waals surface area contributed by atoms with E-state index in [1.54, 1.807) is 0 Å². The molecule has 104 valence electrons. The number of primary amides is 1. The van der Waals surface area contributed by atoms with Gasteiger partial charge in [0, 0.05) is 24.2 Å². The molecule has 3 fully saturated rings. The first-order valence-corrected chi connectivity index (χ1v) is 6.95. The summed E-state index contributed by atoms with van der Waals surface area (Å²) in [5.74, 6) is 0.332. The summed E-state index contributed by atoms with van der Waals surface area (Å²) in [5, 5.41) is 19.5. The molecule has 0 aromatic rings. The third-order valence-corrected chi connectivity index (χ3v) is 4.73. The van der Waals surface area contributed by atoms with Gasteiger partial charge in [-0.1, -0.05) is 12.8 Å². The molecule has 6 nitrogen and oxygen atoms in total. The van der Waals surface area contributed by atoms with Crippen molar-refractivity contribution in [2.45, 2.75) is 56.3 Å². The molecule has 2 saturated heterocycles. The van der Waals surface area contributed by atoms with Gasteiger partial charge in [0.1, 0.15) is 5.84 Å². The molecule has 0 aromatic heterocycles. The fraction of sp³-hybridized carbons (Fsp3) is 0.692. The van der Waals surface area contributed by atoms with Gasteiger partial charge in [0.05, 0.1) is 6.42 Å². The second-order valence-electron chi connectivity index (χ2n) is 5.86. The number of aliphatic hydroxyl groups is 1. The Hall–Kier alpha value is -1.40. The highest BCUT2D eigenvalue weighted by Gasteiger charge is 2.61. The second kappa shape index (κ2) is 4.31. The van der Waals surface area contributed by atoms with E-state index in [1.165, 1.54) is 11.5 Å². The standard InChI is InChI=1S/C13H20N4O2/c14-7-8-5-13(6-10(18)16-12(13)19)17(11(8)15)9-3-1-2-4-9/h7,9-10,15,18H,1-6,14H2,(H,16,19)/p+1/b8-7-,15-11?. The van der Waals surface area contributed by atoms with Crippen LogP contribution in [-0.4, -0.2) is 39.6 Å². The SMILES string of the molecule is N=C1/C(=C\N)CC2(CC(O)[NH2+]C2=O)N1C1CCCC1. The van der Waals surface area contributed by atoms with E-state index >= 15 is 0 Å². The first-order valence-electron chi connectivity index (χ1n) is 6.95. The number of aliphatic hydroxyl groups excluding tert-OH is 1. The maximum atomic E-state index is 12.4. The summed E-state index contributed by atoms with van der Waals surface area (Å²) in [6.07, 6.45) is 5.93. The van der Waals surface area contributed by atoms with Crippen LogP contribution in [0.25, 0.3) is 0 Å². The van der Waals surface area contributed by atoms with Crippen LogP contribution in [0.3, 0.4) is 0 Å². The number of carbonyl (C=O) groups is 1. The number of nitrogens with one attached hydrogen (secondary N) is 1. The number of carbonyl (C=O) groups excluding carboxylic acids is 1. The van der Waals surface area contributed by atoms with Crippen LogP contribution >= 0.6 is 0 Å². The number of amidine groups is 1. The molecule has 1 amide bonds. The predicted octanol–water partition coefficient (Wildman–Crippen LogP) is -0.995. The normalized spacial score (nSPS) is 38.3. The average molecular weight is 265 g/mol. The molecule has 1 spiro atoms. The molecule has 2 heterocycles. The van der Waals surface area contributed by atoms with Gasteiger partial charge in [-0.05, 0) is 12.8 Å². The first-order chi connectivity index (χ1) is 9.08. The first kappa shape index (κ1) is 12.6. The van der Waals surface area contributed by atoms with E-state index in [0.717, 1.165) is 31.3 Å². The smallest absolute Gasteiger partial charge is 0.339 e. The summed E-state index contributed by atoms with van der Waals surface area (Å²) in [6.45, 7) is 0. The van der Waals surface area contributed by atoms with Gasteiger partial charge < -0.3 is 15.7 Å². The Morgan fingerprint density at radius 2 is 2.16 bits per heavy atom. The highest BCUT2D eigenvalue weighted by Crippen LogP contribution is 2.43. The lowest BCUT2D eigenvalue weighted by Gasteiger charge is -2.36. The van der Waals surface area contributed by atoms with Gasteiger partial charge in [0.25, 0.3) is 0 Å². The molecule has 2 atom stereocenters.